The number of para-hydroxylation sites is 2. The molecule has 0 atom stereocenters. The number of hydrogen-bond acceptors (Lipinski definition) is 5. The van der Waals surface area contributed by atoms with Crippen molar-refractivity contribution in [3.63, 3.8) is 0 Å². The Bertz CT molecular complexity index is 902. The summed E-state index contributed by atoms with van der Waals surface area (Å²) < 4.78 is 6.18. The molecule has 2 N–H and O–H groups in total. The largest absolute Gasteiger partial charge is 0.495 e. The Kier molecular flexibility index (Phi) is 5.25. The van der Waals surface area contributed by atoms with Gasteiger partial charge in [0.2, 0.25) is 0 Å². The Morgan fingerprint density at radius 3 is 2.72 bits per heavy atom. The second-order valence-corrected chi connectivity index (χ2v) is 5.99. The van der Waals surface area contributed by atoms with Crippen LogP contribution in [0.2, 0.25) is 0 Å². The van der Waals surface area contributed by atoms with Crippen molar-refractivity contribution in [2.75, 3.05) is 17.7 Å². The van der Waals surface area contributed by atoms with Gasteiger partial charge < -0.3 is 15.4 Å². The fraction of sp³-hybridized carbons (Fsp3) is 0.0556. The van der Waals surface area contributed by atoms with E-state index in [0.29, 0.717) is 17.3 Å². The van der Waals surface area contributed by atoms with Crippen molar-refractivity contribution in [2.45, 2.75) is 0 Å². The number of nitrogens with zero attached hydrogens (tertiary/aromatic N) is 2. The number of rotatable bonds is 5. The molecule has 6 nitrogen and oxygen atoms in total. The summed E-state index contributed by atoms with van der Waals surface area (Å²) in [6.45, 7) is 0. The van der Waals surface area contributed by atoms with E-state index < -0.39 is 0 Å². The number of methoxy groups -OCH3 is 1. The number of aromatic nitrogens is 2. The molecule has 1 heterocycles. The van der Waals surface area contributed by atoms with Gasteiger partial charge in [0.05, 0.1) is 12.8 Å². The number of carbonyl (C=O) groups excluding carboxylic acids is 1. The minimum atomic E-state index is -0.316. The lowest BCUT2D eigenvalue weighted by molar-refractivity contribution is 0.102. The molecule has 0 aliphatic rings. The number of carbonyl (C=O) groups is 1. The third kappa shape index (κ3) is 4.33. The topological polar surface area (TPSA) is 76.1 Å². The van der Waals surface area contributed by atoms with Crippen molar-refractivity contribution < 1.29 is 9.53 Å². The highest BCUT2D eigenvalue weighted by Gasteiger charge is 2.10. The van der Waals surface area contributed by atoms with Crippen LogP contribution in [0.1, 0.15) is 10.5 Å². The maximum Gasteiger partial charge on any atom is 0.274 e. The molecule has 7 heteroatoms. The van der Waals surface area contributed by atoms with E-state index in [1.807, 2.05) is 42.5 Å². The zero-order valence-electron chi connectivity index (χ0n) is 13.4. The van der Waals surface area contributed by atoms with Gasteiger partial charge in [-0.25, -0.2) is 9.97 Å². The number of benzene rings is 2. The second kappa shape index (κ2) is 7.76. The molecule has 25 heavy (non-hydrogen) atoms. The minimum Gasteiger partial charge on any atom is -0.495 e. The maximum absolute atomic E-state index is 12.4. The molecule has 0 fully saturated rings. The fourth-order valence-corrected chi connectivity index (χ4v) is 2.60. The molecule has 2 aromatic carbocycles. The first-order valence-electron chi connectivity index (χ1n) is 7.45. The summed E-state index contributed by atoms with van der Waals surface area (Å²) in [4.78, 5) is 20.6. The SMILES string of the molecule is COc1ccccc1Nc1cc(C(=O)Nc2cccc(Br)c2)ncn1. The first-order chi connectivity index (χ1) is 12.2. The van der Waals surface area contributed by atoms with Crippen LogP contribution in [0.15, 0.2) is 65.4 Å². The molecular formula is C18H15BrN4O2. The van der Waals surface area contributed by atoms with Crippen LogP contribution < -0.4 is 15.4 Å². The van der Waals surface area contributed by atoms with Gasteiger partial charge in [-0.2, -0.15) is 0 Å². The standard InChI is InChI=1S/C18H15BrN4O2/c1-25-16-8-3-2-7-14(16)23-17-10-15(20-11-21-17)18(24)22-13-6-4-5-12(19)9-13/h2-11H,1H3,(H,22,24)(H,20,21,23). The van der Waals surface area contributed by atoms with Gasteiger partial charge in [0.15, 0.2) is 0 Å². The molecule has 126 valence electrons. The summed E-state index contributed by atoms with van der Waals surface area (Å²) in [5.41, 5.74) is 1.69. The quantitative estimate of drug-likeness (QED) is 0.671. The first-order valence-corrected chi connectivity index (χ1v) is 8.24. The molecule has 0 aliphatic heterocycles. The van der Waals surface area contributed by atoms with Gasteiger partial charge in [-0.1, -0.05) is 34.1 Å². The van der Waals surface area contributed by atoms with E-state index in [1.165, 1.54) is 6.33 Å². The summed E-state index contributed by atoms with van der Waals surface area (Å²) in [5, 5.41) is 5.93. The van der Waals surface area contributed by atoms with E-state index in [4.69, 9.17) is 4.74 Å². The van der Waals surface area contributed by atoms with Crippen molar-refractivity contribution in [1.29, 1.82) is 0 Å². The fourth-order valence-electron chi connectivity index (χ4n) is 2.20. The summed E-state index contributed by atoms with van der Waals surface area (Å²) in [7, 11) is 1.59. The van der Waals surface area contributed by atoms with Gasteiger partial charge in [0.25, 0.3) is 5.91 Å². The van der Waals surface area contributed by atoms with Crippen molar-refractivity contribution in [2.24, 2.45) is 0 Å². The molecule has 0 aliphatic carbocycles. The Balaban J connectivity index is 1.78. The molecule has 3 aromatic rings. The molecule has 0 bridgehead atoms. The molecule has 0 saturated heterocycles. The van der Waals surface area contributed by atoms with E-state index in [1.54, 1.807) is 19.2 Å². The van der Waals surface area contributed by atoms with Gasteiger partial charge in [-0.3, -0.25) is 4.79 Å². The van der Waals surface area contributed by atoms with Crippen molar-refractivity contribution in [3.8, 4) is 5.75 Å². The Morgan fingerprint density at radius 2 is 1.92 bits per heavy atom. The van der Waals surface area contributed by atoms with E-state index in [9.17, 15) is 4.79 Å². The van der Waals surface area contributed by atoms with Crippen LogP contribution in [0, 0.1) is 0 Å². The molecule has 3 rings (SSSR count). The van der Waals surface area contributed by atoms with Crippen LogP contribution in [-0.2, 0) is 0 Å². The molecule has 1 amide bonds. The van der Waals surface area contributed by atoms with Gasteiger partial charge in [-0.05, 0) is 30.3 Å². The molecule has 0 radical (unpaired) electrons. The Morgan fingerprint density at radius 1 is 1.08 bits per heavy atom. The average molecular weight is 399 g/mol. The highest BCUT2D eigenvalue weighted by atomic mass is 79.9. The van der Waals surface area contributed by atoms with Gasteiger partial charge in [0, 0.05) is 16.2 Å². The highest BCUT2D eigenvalue weighted by molar-refractivity contribution is 9.10. The average Bonchev–Trinajstić information content (AvgIpc) is 2.62. The van der Waals surface area contributed by atoms with Crippen LogP contribution in [0.4, 0.5) is 17.2 Å². The number of hydrogen-bond donors (Lipinski definition) is 2. The molecule has 0 spiro atoms. The van der Waals surface area contributed by atoms with E-state index in [-0.39, 0.29) is 11.6 Å². The van der Waals surface area contributed by atoms with Gasteiger partial charge in [0.1, 0.15) is 23.6 Å². The predicted octanol–water partition coefficient (Wildman–Crippen LogP) is 4.24. The number of halogens is 1. The Hall–Kier alpha value is -2.93. The Labute approximate surface area is 153 Å². The lowest BCUT2D eigenvalue weighted by atomic mass is 10.2. The zero-order chi connectivity index (χ0) is 17.6. The molecule has 0 unspecified atom stereocenters. The van der Waals surface area contributed by atoms with Crippen molar-refractivity contribution >= 4 is 39.0 Å². The smallest absolute Gasteiger partial charge is 0.274 e. The lowest BCUT2D eigenvalue weighted by Crippen LogP contribution is -2.14. The number of nitrogens with one attached hydrogen (secondary N) is 2. The van der Waals surface area contributed by atoms with Gasteiger partial charge >= 0.3 is 0 Å². The highest BCUT2D eigenvalue weighted by Crippen LogP contribution is 2.26. The summed E-state index contributed by atoms with van der Waals surface area (Å²) >= 11 is 3.37. The first kappa shape index (κ1) is 16.9. The third-order valence-electron chi connectivity index (χ3n) is 3.35. The molecular weight excluding hydrogens is 384 g/mol. The zero-order valence-corrected chi connectivity index (χ0v) is 14.9. The van der Waals surface area contributed by atoms with Gasteiger partial charge in [-0.15, -0.1) is 0 Å². The predicted molar refractivity (Wildman–Crippen MR) is 100 cm³/mol. The molecule has 1 aromatic heterocycles. The van der Waals surface area contributed by atoms with Crippen molar-refractivity contribution in [3.05, 3.63) is 71.1 Å². The number of amides is 1. The molecule has 0 saturated carbocycles. The van der Waals surface area contributed by atoms with E-state index in [0.717, 1.165) is 10.2 Å². The summed E-state index contributed by atoms with van der Waals surface area (Å²) in [6.07, 6.45) is 1.34. The number of anilines is 3. The van der Waals surface area contributed by atoms with Crippen LogP contribution >= 0.6 is 15.9 Å². The normalized spacial score (nSPS) is 10.2. The van der Waals surface area contributed by atoms with Crippen molar-refractivity contribution in [1.82, 2.24) is 9.97 Å². The van der Waals surface area contributed by atoms with E-state index in [2.05, 4.69) is 36.5 Å². The maximum atomic E-state index is 12.4. The minimum absolute atomic E-state index is 0.257. The summed E-state index contributed by atoms with van der Waals surface area (Å²) in [6, 6.07) is 16.4. The lowest BCUT2D eigenvalue weighted by Gasteiger charge is -2.11. The second-order valence-electron chi connectivity index (χ2n) is 5.08. The van der Waals surface area contributed by atoms with Crippen LogP contribution in [0.5, 0.6) is 5.75 Å². The monoisotopic (exact) mass is 398 g/mol. The van der Waals surface area contributed by atoms with Crippen LogP contribution in [-0.4, -0.2) is 23.0 Å². The summed E-state index contributed by atoms with van der Waals surface area (Å²) in [5.74, 6) is 0.865. The number of ether oxygens (including phenoxy) is 1. The third-order valence-corrected chi connectivity index (χ3v) is 3.85. The van der Waals surface area contributed by atoms with E-state index >= 15 is 0 Å². The van der Waals surface area contributed by atoms with Crippen LogP contribution in [0.25, 0.3) is 0 Å². The van der Waals surface area contributed by atoms with Crippen LogP contribution in [0.3, 0.4) is 0 Å².